The monoisotopic (exact) mass is 436 g/mol. The third-order valence-electron chi connectivity index (χ3n) is 4.87. The Kier molecular flexibility index (Phi) is 5.62. The van der Waals surface area contributed by atoms with Crippen LogP contribution in [0, 0.1) is 6.92 Å². The minimum atomic E-state index is -0.400. The molecular formula is C24H18Cl2N2O2. The summed E-state index contributed by atoms with van der Waals surface area (Å²) in [6, 6.07) is 21.8. The van der Waals surface area contributed by atoms with E-state index in [1.807, 2.05) is 61.5 Å². The number of aryl methyl sites for hydroxylation is 1. The van der Waals surface area contributed by atoms with Gasteiger partial charge in [0.25, 0.3) is 11.8 Å². The van der Waals surface area contributed by atoms with Crippen LogP contribution in [0.4, 0.5) is 5.69 Å². The molecule has 4 nitrogen and oxygen atoms in total. The van der Waals surface area contributed by atoms with Crippen LogP contribution in [0.15, 0.2) is 78.5 Å². The second kappa shape index (κ2) is 8.34. The maximum Gasteiger partial charge on any atom is 0.278 e. The van der Waals surface area contributed by atoms with Gasteiger partial charge in [0.2, 0.25) is 0 Å². The quantitative estimate of drug-likeness (QED) is 0.522. The van der Waals surface area contributed by atoms with Crippen molar-refractivity contribution in [2.24, 2.45) is 0 Å². The molecule has 0 saturated heterocycles. The first-order chi connectivity index (χ1) is 14.4. The fourth-order valence-electron chi connectivity index (χ4n) is 3.32. The van der Waals surface area contributed by atoms with Crippen molar-refractivity contribution in [3.63, 3.8) is 0 Å². The van der Waals surface area contributed by atoms with Crippen molar-refractivity contribution in [2.75, 3.05) is 5.32 Å². The molecule has 6 heteroatoms. The third-order valence-corrected chi connectivity index (χ3v) is 5.42. The predicted molar refractivity (Wildman–Crippen MR) is 120 cm³/mol. The van der Waals surface area contributed by atoms with Crippen molar-refractivity contribution in [3.8, 4) is 0 Å². The number of hydrogen-bond acceptors (Lipinski definition) is 3. The molecule has 150 valence electrons. The highest BCUT2D eigenvalue weighted by molar-refractivity contribution is 6.41. The largest absolute Gasteiger partial charge is 0.350 e. The number of hydrogen-bond donors (Lipinski definition) is 1. The second-order valence-electron chi connectivity index (χ2n) is 7.05. The van der Waals surface area contributed by atoms with Gasteiger partial charge in [0, 0.05) is 16.3 Å². The lowest BCUT2D eigenvalue weighted by molar-refractivity contribution is -0.137. The maximum absolute atomic E-state index is 13.3. The molecule has 1 N–H and O–H groups in total. The molecule has 4 rings (SSSR count). The Morgan fingerprint density at radius 2 is 1.57 bits per heavy atom. The van der Waals surface area contributed by atoms with Gasteiger partial charge >= 0.3 is 0 Å². The number of carbonyl (C=O) groups excluding carboxylic acids is 2. The van der Waals surface area contributed by atoms with Crippen LogP contribution >= 0.6 is 23.2 Å². The number of amides is 2. The van der Waals surface area contributed by atoms with Crippen LogP contribution in [0.5, 0.6) is 0 Å². The number of rotatable bonds is 5. The average molecular weight is 437 g/mol. The molecule has 0 aromatic heterocycles. The van der Waals surface area contributed by atoms with E-state index >= 15 is 0 Å². The van der Waals surface area contributed by atoms with E-state index in [4.69, 9.17) is 23.2 Å². The minimum absolute atomic E-state index is 0.173. The van der Waals surface area contributed by atoms with E-state index < -0.39 is 11.8 Å². The average Bonchev–Trinajstić information content (AvgIpc) is 2.95. The molecule has 1 aliphatic rings. The number of nitrogens with one attached hydrogen (secondary N) is 1. The summed E-state index contributed by atoms with van der Waals surface area (Å²) in [4.78, 5) is 27.8. The van der Waals surface area contributed by atoms with Crippen molar-refractivity contribution < 1.29 is 9.59 Å². The van der Waals surface area contributed by atoms with Gasteiger partial charge in [-0.3, -0.25) is 14.5 Å². The standard InChI is InChI=1S/C24H18Cl2N2O2/c1-15-7-10-18(11-8-15)27-22-21(19-12-9-17(25)13-20(19)26)23(29)28(24(22)30)14-16-5-3-2-4-6-16/h2-13,27H,14H2,1H3. The molecule has 0 aliphatic carbocycles. The van der Waals surface area contributed by atoms with E-state index in [0.717, 1.165) is 11.1 Å². The summed E-state index contributed by atoms with van der Waals surface area (Å²) >= 11 is 12.4. The number of carbonyl (C=O) groups is 2. The van der Waals surface area contributed by atoms with Gasteiger partial charge in [0.05, 0.1) is 17.1 Å². The number of nitrogens with zero attached hydrogens (tertiary/aromatic N) is 1. The normalized spacial score (nSPS) is 13.9. The Labute approximate surface area is 184 Å². The predicted octanol–water partition coefficient (Wildman–Crippen LogP) is 5.69. The Morgan fingerprint density at radius 1 is 0.867 bits per heavy atom. The van der Waals surface area contributed by atoms with Crippen molar-refractivity contribution in [1.29, 1.82) is 0 Å². The molecule has 0 bridgehead atoms. The van der Waals surface area contributed by atoms with Gasteiger partial charge < -0.3 is 5.32 Å². The zero-order chi connectivity index (χ0) is 21.3. The van der Waals surface area contributed by atoms with E-state index in [9.17, 15) is 9.59 Å². The third kappa shape index (κ3) is 3.97. The lowest BCUT2D eigenvalue weighted by atomic mass is 10.0. The van der Waals surface area contributed by atoms with Gasteiger partial charge in [-0.05, 0) is 36.8 Å². The number of halogens is 2. The summed E-state index contributed by atoms with van der Waals surface area (Å²) in [5.41, 5.74) is 3.56. The highest BCUT2D eigenvalue weighted by atomic mass is 35.5. The molecule has 0 fully saturated rings. The molecule has 0 atom stereocenters. The van der Waals surface area contributed by atoms with Crippen molar-refractivity contribution >= 4 is 46.3 Å². The first-order valence-corrected chi connectivity index (χ1v) is 10.1. The van der Waals surface area contributed by atoms with E-state index in [2.05, 4.69) is 5.32 Å². The van der Waals surface area contributed by atoms with Crippen molar-refractivity contribution in [2.45, 2.75) is 13.5 Å². The summed E-state index contributed by atoms with van der Waals surface area (Å²) in [6.07, 6.45) is 0. The van der Waals surface area contributed by atoms with Crippen LogP contribution in [0.3, 0.4) is 0 Å². The SMILES string of the molecule is Cc1ccc(NC2=C(c3ccc(Cl)cc3Cl)C(=O)N(Cc3ccccc3)C2=O)cc1. The summed E-state index contributed by atoms with van der Waals surface area (Å²) in [7, 11) is 0. The summed E-state index contributed by atoms with van der Waals surface area (Å²) in [5, 5.41) is 3.89. The Morgan fingerprint density at radius 3 is 2.23 bits per heavy atom. The molecule has 3 aromatic rings. The van der Waals surface area contributed by atoms with E-state index in [0.29, 0.717) is 21.3 Å². The molecule has 0 radical (unpaired) electrons. The molecule has 30 heavy (non-hydrogen) atoms. The summed E-state index contributed by atoms with van der Waals surface area (Å²) in [5.74, 6) is -0.798. The molecule has 0 spiro atoms. The van der Waals surface area contributed by atoms with E-state index in [1.165, 1.54) is 4.90 Å². The Balaban J connectivity index is 1.78. The lowest BCUT2D eigenvalue weighted by Crippen LogP contribution is -2.32. The van der Waals surface area contributed by atoms with Crippen LogP contribution in [-0.4, -0.2) is 16.7 Å². The summed E-state index contributed by atoms with van der Waals surface area (Å²) < 4.78 is 0. The zero-order valence-electron chi connectivity index (χ0n) is 16.2. The van der Waals surface area contributed by atoms with Gasteiger partial charge in [0.15, 0.2) is 0 Å². The molecule has 1 aliphatic heterocycles. The second-order valence-corrected chi connectivity index (χ2v) is 7.89. The van der Waals surface area contributed by atoms with Crippen molar-refractivity contribution in [1.82, 2.24) is 4.90 Å². The van der Waals surface area contributed by atoms with Gasteiger partial charge in [0.1, 0.15) is 5.70 Å². The highest BCUT2D eigenvalue weighted by Crippen LogP contribution is 2.36. The summed E-state index contributed by atoms with van der Waals surface area (Å²) in [6.45, 7) is 2.15. The fourth-order valence-corrected chi connectivity index (χ4v) is 3.83. The number of imide groups is 1. The molecular weight excluding hydrogens is 419 g/mol. The van der Waals surface area contributed by atoms with Crippen LogP contribution in [0.25, 0.3) is 5.57 Å². The molecule has 0 unspecified atom stereocenters. The Bertz CT molecular complexity index is 1160. The minimum Gasteiger partial charge on any atom is -0.350 e. The molecule has 1 heterocycles. The van der Waals surface area contributed by atoms with Gasteiger partial charge in [-0.25, -0.2) is 0 Å². The van der Waals surface area contributed by atoms with Crippen LogP contribution in [0.1, 0.15) is 16.7 Å². The molecule has 2 amide bonds. The van der Waals surface area contributed by atoms with Crippen LogP contribution in [-0.2, 0) is 16.1 Å². The lowest BCUT2D eigenvalue weighted by Gasteiger charge is -2.15. The highest BCUT2D eigenvalue weighted by Gasteiger charge is 2.40. The number of benzene rings is 3. The first kappa shape index (κ1) is 20.2. The Hall–Kier alpha value is -3.08. The fraction of sp³-hybridized carbons (Fsp3) is 0.0833. The van der Waals surface area contributed by atoms with E-state index in [-0.39, 0.29) is 17.8 Å². The molecule has 0 saturated carbocycles. The van der Waals surface area contributed by atoms with E-state index in [1.54, 1.807) is 18.2 Å². The zero-order valence-corrected chi connectivity index (χ0v) is 17.7. The van der Waals surface area contributed by atoms with Gasteiger partial charge in [-0.2, -0.15) is 0 Å². The first-order valence-electron chi connectivity index (χ1n) is 9.37. The van der Waals surface area contributed by atoms with Gasteiger partial charge in [-0.15, -0.1) is 0 Å². The maximum atomic E-state index is 13.3. The van der Waals surface area contributed by atoms with Crippen LogP contribution < -0.4 is 5.32 Å². The smallest absolute Gasteiger partial charge is 0.278 e. The van der Waals surface area contributed by atoms with Gasteiger partial charge in [-0.1, -0.05) is 77.3 Å². The topological polar surface area (TPSA) is 49.4 Å². The molecule has 3 aromatic carbocycles. The van der Waals surface area contributed by atoms with Crippen molar-refractivity contribution in [3.05, 3.63) is 105 Å². The van der Waals surface area contributed by atoms with Crippen LogP contribution in [0.2, 0.25) is 10.0 Å². The number of anilines is 1.